The molecule has 19 heavy (non-hydrogen) atoms. The zero-order chi connectivity index (χ0) is 14.6. The number of pyridine rings is 1. The van der Waals surface area contributed by atoms with Crippen molar-refractivity contribution >= 4 is 31.8 Å². The van der Waals surface area contributed by atoms with Crippen LogP contribution in [0, 0.1) is 0 Å². The van der Waals surface area contributed by atoms with Crippen molar-refractivity contribution in [3.63, 3.8) is 0 Å². The highest BCUT2D eigenvalue weighted by Gasteiger charge is 2.27. The van der Waals surface area contributed by atoms with Crippen molar-refractivity contribution < 1.29 is 8.42 Å². The number of hydrogen-bond donors (Lipinski definition) is 1. The molecule has 5 nitrogen and oxygen atoms in total. The van der Waals surface area contributed by atoms with E-state index in [-0.39, 0.29) is 10.9 Å². The fourth-order valence-electron chi connectivity index (χ4n) is 1.57. The molecule has 1 rings (SSSR count). The summed E-state index contributed by atoms with van der Waals surface area (Å²) in [4.78, 5) is 4.34. The van der Waals surface area contributed by atoms with Crippen LogP contribution in [0.4, 0.5) is 5.82 Å². The summed E-state index contributed by atoms with van der Waals surface area (Å²) in [5.41, 5.74) is 0. The average Bonchev–Trinajstić information content (AvgIpc) is 2.39. The van der Waals surface area contributed by atoms with E-state index in [0.717, 1.165) is 6.42 Å². The lowest BCUT2D eigenvalue weighted by Crippen LogP contribution is -2.35. The average molecular weight is 350 g/mol. The summed E-state index contributed by atoms with van der Waals surface area (Å²) in [6.07, 6.45) is 2.34. The molecule has 0 spiro atoms. The normalized spacial score (nSPS) is 13.6. The van der Waals surface area contributed by atoms with Gasteiger partial charge in [0.25, 0.3) is 0 Å². The molecule has 0 bridgehead atoms. The fourth-order valence-corrected chi connectivity index (χ4v) is 3.63. The van der Waals surface area contributed by atoms with Crippen LogP contribution >= 0.6 is 15.9 Å². The number of nitrogens with one attached hydrogen (secondary N) is 1. The van der Waals surface area contributed by atoms with Gasteiger partial charge in [0.2, 0.25) is 10.0 Å². The van der Waals surface area contributed by atoms with Crippen molar-refractivity contribution in [1.82, 2.24) is 9.29 Å². The Balaban J connectivity index is 3.30. The highest BCUT2D eigenvalue weighted by molar-refractivity contribution is 9.10. The molecule has 0 fully saturated rings. The largest absolute Gasteiger partial charge is 0.369 e. The lowest BCUT2D eigenvalue weighted by Gasteiger charge is -2.24. The Morgan fingerprint density at radius 3 is 2.63 bits per heavy atom. The second-order valence-electron chi connectivity index (χ2n) is 4.31. The van der Waals surface area contributed by atoms with Gasteiger partial charge in [-0.05, 0) is 42.3 Å². The van der Waals surface area contributed by atoms with Crippen molar-refractivity contribution in [1.29, 1.82) is 0 Å². The van der Waals surface area contributed by atoms with E-state index in [2.05, 4.69) is 26.2 Å². The van der Waals surface area contributed by atoms with E-state index in [1.54, 1.807) is 19.3 Å². The van der Waals surface area contributed by atoms with Crippen molar-refractivity contribution in [3.05, 3.63) is 16.7 Å². The molecule has 0 saturated carbocycles. The first-order valence-electron chi connectivity index (χ1n) is 6.22. The first-order valence-corrected chi connectivity index (χ1v) is 8.45. The Morgan fingerprint density at radius 1 is 1.47 bits per heavy atom. The zero-order valence-corrected chi connectivity index (χ0v) is 14.0. The van der Waals surface area contributed by atoms with E-state index >= 15 is 0 Å². The summed E-state index contributed by atoms with van der Waals surface area (Å²) in [7, 11) is -1.95. The van der Waals surface area contributed by atoms with E-state index in [0.29, 0.717) is 16.8 Å². The van der Waals surface area contributed by atoms with Gasteiger partial charge >= 0.3 is 0 Å². The van der Waals surface area contributed by atoms with Crippen molar-refractivity contribution in [2.75, 3.05) is 18.9 Å². The molecule has 0 saturated heterocycles. The predicted molar refractivity (Wildman–Crippen MR) is 80.8 cm³/mol. The number of aromatic nitrogens is 1. The van der Waals surface area contributed by atoms with Gasteiger partial charge in [-0.25, -0.2) is 13.4 Å². The molecule has 0 radical (unpaired) electrons. The summed E-state index contributed by atoms with van der Waals surface area (Å²) in [6.45, 7) is 6.36. The third-order valence-corrected chi connectivity index (χ3v) is 5.45. The first kappa shape index (κ1) is 16.4. The number of nitrogens with zero attached hydrogens (tertiary/aromatic N) is 2. The lowest BCUT2D eigenvalue weighted by molar-refractivity contribution is 0.380. The van der Waals surface area contributed by atoms with Crippen LogP contribution in [0.1, 0.15) is 27.2 Å². The zero-order valence-electron chi connectivity index (χ0n) is 11.6. The molecule has 1 aromatic rings. The lowest BCUT2D eigenvalue weighted by atomic mass is 10.3. The third kappa shape index (κ3) is 3.67. The summed E-state index contributed by atoms with van der Waals surface area (Å²) >= 11 is 3.27. The van der Waals surface area contributed by atoms with E-state index < -0.39 is 10.0 Å². The standard InChI is InChI=1S/C12H20BrN3O2S/c1-5-9(3)16(4)19(17,18)11-7-10(13)8-15-12(11)14-6-2/h7-9H,5-6H2,1-4H3,(H,14,15). The Morgan fingerprint density at radius 2 is 2.11 bits per heavy atom. The summed E-state index contributed by atoms with van der Waals surface area (Å²) in [6, 6.07) is 1.53. The topological polar surface area (TPSA) is 62.3 Å². The maximum Gasteiger partial charge on any atom is 0.246 e. The van der Waals surface area contributed by atoms with Gasteiger partial charge in [0.1, 0.15) is 10.7 Å². The second-order valence-corrected chi connectivity index (χ2v) is 7.19. The van der Waals surface area contributed by atoms with Gasteiger partial charge in [-0.2, -0.15) is 4.31 Å². The number of anilines is 1. The van der Waals surface area contributed by atoms with Gasteiger partial charge in [-0.15, -0.1) is 0 Å². The molecule has 0 aliphatic heterocycles. The molecule has 0 amide bonds. The smallest absolute Gasteiger partial charge is 0.246 e. The van der Waals surface area contributed by atoms with Gasteiger partial charge in [-0.3, -0.25) is 0 Å². The number of rotatable bonds is 6. The number of halogens is 1. The van der Waals surface area contributed by atoms with Crippen molar-refractivity contribution in [2.24, 2.45) is 0 Å². The number of sulfonamides is 1. The van der Waals surface area contributed by atoms with E-state index in [9.17, 15) is 8.42 Å². The minimum Gasteiger partial charge on any atom is -0.369 e. The molecular formula is C12H20BrN3O2S. The van der Waals surface area contributed by atoms with E-state index in [4.69, 9.17) is 0 Å². The summed E-state index contributed by atoms with van der Waals surface area (Å²) in [5, 5.41) is 2.98. The van der Waals surface area contributed by atoms with E-state index in [1.165, 1.54) is 4.31 Å². The molecule has 7 heteroatoms. The van der Waals surface area contributed by atoms with Gasteiger partial charge in [0, 0.05) is 30.3 Å². The Bertz CT molecular complexity index is 534. The molecule has 108 valence electrons. The quantitative estimate of drug-likeness (QED) is 0.857. The molecule has 1 atom stereocenters. The van der Waals surface area contributed by atoms with Gasteiger partial charge in [0.05, 0.1) is 0 Å². The minimum absolute atomic E-state index is 0.0570. The van der Waals surface area contributed by atoms with Crippen molar-refractivity contribution in [2.45, 2.75) is 38.1 Å². The number of hydrogen-bond acceptors (Lipinski definition) is 4. The second kappa shape index (κ2) is 6.67. The maximum atomic E-state index is 12.6. The van der Waals surface area contributed by atoms with Crippen LogP contribution in [-0.2, 0) is 10.0 Å². The molecular weight excluding hydrogens is 330 g/mol. The Hall–Kier alpha value is -0.660. The van der Waals surface area contributed by atoms with Crippen molar-refractivity contribution in [3.8, 4) is 0 Å². The first-order chi connectivity index (χ1) is 8.84. The Kier molecular flexibility index (Phi) is 5.76. The monoisotopic (exact) mass is 349 g/mol. The maximum absolute atomic E-state index is 12.6. The predicted octanol–water partition coefficient (Wildman–Crippen LogP) is 2.69. The van der Waals surface area contributed by atoms with Crippen LogP contribution in [-0.4, -0.2) is 37.3 Å². The molecule has 1 aromatic heterocycles. The van der Waals surface area contributed by atoms with Crippen LogP contribution in [0.5, 0.6) is 0 Å². The molecule has 0 aliphatic rings. The van der Waals surface area contributed by atoms with Gasteiger partial charge in [0.15, 0.2) is 0 Å². The summed E-state index contributed by atoms with van der Waals surface area (Å²) < 4.78 is 27.2. The molecule has 0 aliphatic carbocycles. The van der Waals surface area contributed by atoms with Crippen LogP contribution in [0.2, 0.25) is 0 Å². The fraction of sp³-hybridized carbons (Fsp3) is 0.583. The highest BCUT2D eigenvalue weighted by atomic mass is 79.9. The SMILES string of the molecule is CCNc1ncc(Br)cc1S(=O)(=O)N(C)C(C)CC. The van der Waals surface area contributed by atoms with Gasteiger partial charge in [-0.1, -0.05) is 6.92 Å². The Labute approximate surface area is 123 Å². The van der Waals surface area contributed by atoms with Gasteiger partial charge < -0.3 is 5.32 Å². The highest BCUT2D eigenvalue weighted by Crippen LogP contribution is 2.26. The van der Waals surface area contributed by atoms with Crippen LogP contribution in [0.3, 0.4) is 0 Å². The summed E-state index contributed by atoms with van der Waals surface area (Å²) in [5.74, 6) is 0.390. The van der Waals surface area contributed by atoms with Crippen LogP contribution in [0.25, 0.3) is 0 Å². The molecule has 1 heterocycles. The van der Waals surface area contributed by atoms with Crippen LogP contribution < -0.4 is 5.32 Å². The molecule has 0 aromatic carbocycles. The third-order valence-electron chi connectivity index (χ3n) is 3.03. The minimum atomic E-state index is -3.55. The molecule has 1 N–H and O–H groups in total. The van der Waals surface area contributed by atoms with E-state index in [1.807, 2.05) is 20.8 Å². The molecule has 1 unspecified atom stereocenters. The van der Waals surface area contributed by atoms with Crippen LogP contribution in [0.15, 0.2) is 21.6 Å².